The van der Waals surface area contributed by atoms with E-state index >= 15 is 0 Å². The van der Waals surface area contributed by atoms with Gasteiger partial charge >= 0.3 is 11.7 Å². The first-order valence-electron chi connectivity index (χ1n) is 8.01. The van der Waals surface area contributed by atoms with E-state index in [1.807, 2.05) is 12.1 Å². The summed E-state index contributed by atoms with van der Waals surface area (Å²) in [4.78, 5) is 37.6. The van der Waals surface area contributed by atoms with Crippen LogP contribution in [0.1, 0.15) is 6.92 Å². The lowest BCUT2D eigenvalue weighted by Crippen LogP contribution is -2.24. The van der Waals surface area contributed by atoms with Gasteiger partial charge in [-0.05, 0) is 23.6 Å². The van der Waals surface area contributed by atoms with Crippen molar-refractivity contribution in [3.8, 4) is 17.1 Å². The molecule has 0 amide bonds. The Balaban J connectivity index is 2.19. The predicted molar refractivity (Wildman–Crippen MR) is 97.6 cm³/mol. The van der Waals surface area contributed by atoms with Gasteiger partial charge in [-0.15, -0.1) is 0 Å². The second-order valence-corrected chi connectivity index (χ2v) is 5.80. The summed E-state index contributed by atoms with van der Waals surface area (Å²) in [5.41, 5.74) is -0.592. The number of imidazole rings is 1. The van der Waals surface area contributed by atoms with E-state index in [-0.39, 0.29) is 11.4 Å². The molecule has 0 aliphatic carbocycles. The Morgan fingerprint density at radius 1 is 0.923 bits per heavy atom. The van der Waals surface area contributed by atoms with E-state index in [2.05, 4.69) is 0 Å². The number of para-hydroxylation sites is 1. The Kier molecular flexibility index (Phi) is 3.65. The van der Waals surface area contributed by atoms with Gasteiger partial charge in [0.25, 0.3) is 5.56 Å². The van der Waals surface area contributed by atoms with Crippen LogP contribution in [0.3, 0.4) is 0 Å². The third-order valence-electron chi connectivity index (χ3n) is 4.13. The zero-order chi connectivity index (χ0) is 18.3. The molecule has 0 spiro atoms. The molecule has 0 aromatic heterocycles. The molecule has 6 heteroatoms. The molecule has 2 aromatic rings. The molecule has 4 rings (SSSR count). The van der Waals surface area contributed by atoms with Crippen molar-refractivity contribution in [2.45, 2.75) is 6.92 Å². The van der Waals surface area contributed by atoms with E-state index in [1.165, 1.54) is 17.7 Å². The zero-order valence-electron chi connectivity index (χ0n) is 13.9. The SMILES string of the molecule is CC(=O)Oc1c2c(=O)n(-c3ccccc3)c(=O)n-2ccc2ccccc12. The lowest BCUT2D eigenvalue weighted by Gasteiger charge is -2.05. The zero-order valence-corrected chi connectivity index (χ0v) is 13.9. The van der Waals surface area contributed by atoms with Crippen LogP contribution in [-0.2, 0) is 4.79 Å². The monoisotopic (exact) mass is 346 g/mol. The van der Waals surface area contributed by atoms with Gasteiger partial charge in [-0.25, -0.2) is 9.36 Å². The fourth-order valence-corrected chi connectivity index (χ4v) is 3.03. The lowest BCUT2D eigenvalue weighted by atomic mass is 10.1. The number of carbonyl (C=O) groups excluding carboxylic acids is 1. The molecule has 2 aliphatic heterocycles. The molecule has 0 fully saturated rings. The number of benzene rings is 2. The van der Waals surface area contributed by atoms with Gasteiger partial charge in [-0.2, -0.15) is 0 Å². The van der Waals surface area contributed by atoms with Crippen molar-refractivity contribution in [3.63, 3.8) is 0 Å². The maximum atomic E-state index is 13.1. The van der Waals surface area contributed by atoms with E-state index < -0.39 is 17.2 Å². The fourth-order valence-electron chi connectivity index (χ4n) is 3.03. The smallest absolute Gasteiger partial charge is 0.340 e. The van der Waals surface area contributed by atoms with Crippen LogP contribution in [-0.4, -0.2) is 15.1 Å². The van der Waals surface area contributed by atoms with Crippen molar-refractivity contribution >= 4 is 16.7 Å². The molecule has 2 aliphatic rings. The molecule has 0 N–H and O–H groups in total. The van der Waals surface area contributed by atoms with Crippen molar-refractivity contribution in [3.05, 3.63) is 87.7 Å². The molecule has 0 radical (unpaired) electrons. The Labute approximate surface area is 147 Å². The third kappa shape index (κ3) is 2.39. The van der Waals surface area contributed by atoms with E-state index in [1.54, 1.807) is 48.5 Å². The molecular weight excluding hydrogens is 332 g/mol. The molecule has 128 valence electrons. The van der Waals surface area contributed by atoms with Crippen LogP contribution in [0.15, 0.2) is 76.4 Å². The lowest BCUT2D eigenvalue weighted by molar-refractivity contribution is -0.131. The van der Waals surface area contributed by atoms with Crippen LogP contribution in [0.5, 0.6) is 5.75 Å². The van der Waals surface area contributed by atoms with Crippen molar-refractivity contribution in [2.75, 3.05) is 0 Å². The summed E-state index contributed by atoms with van der Waals surface area (Å²) < 4.78 is 7.66. The Hall–Kier alpha value is -3.67. The predicted octanol–water partition coefficient (Wildman–Crippen LogP) is 2.50. The summed E-state index contributed by atoms with van der Waals surface area (Å²) in [6, 6.07) is 17.5. The first kappa shape index (κ1) is 15.8. The number of aromatic nitrogens is 2. The van der Waals surface area contributed by atoms with E-state index in [0.29, 0.717) is 11.1 Å². The topological polar surface area (TPSA) is 70.3 Å². The second kappa shape index (κ2) is 6.00. The summed E-state index contributed by atoms with van der Waals surface area (Å²) in [6.45, 7) is 1.26. The fraction of sp³-hybridized carbons (Fsp3) is 0.0500. The number of nitrogens with zero attached hydrogens (tertiary/aromatic N) is 2. The van der Waals surface area contributed by atoms with Gasteiger partial charge in [0.05, 0.1) is 5.69 Å². The molecule has 0 saturated heterocycles. The third-order valence-corrected chi connectivity index (χ3v) is 4.13. The number of carbonyl (C=O) groups is 1. The van der Waals surface area contributed by atoms with Gasteiger partial charge in [0.1, 0.15) is 0 Å². The first-order valence-corrected chi connectivity index (χ1v) is 8.01. The molecule has 2 aromatic carbocycles. The number of rotatable bonds is 2. The largest absolute Gasteiger partial charge is 0.424 e. The van der Waals surface area contributed by atoms with E-state index in [4.69, 9.17) is 4.74 Å². The average molecular weight is 346 g/mol. The van der Waals surface area contributed by atoms with E-state index in [9.17, 15) is 14.4 Å². The van der Waals surface area contributed by atoms with E-state index in [0.717, 1.165) is 9.95 Å². The Bertz CT molecular complexity index is 1220. The number of ether oxygens (including phenoxy) is 1. The maximum Gasteiger partial charge on any atom is 0.340 e. The number of hydrogen-bond donors (Lipinski definition) is 0. The standard InChI is InChI=1S/C20H14N2O4/c1-13(23)26-18-16-10-6-5-7-14(16)11-12-21-17(18)19(24)22(20(21)25)15-8-3-2-4-9-15/h2-12H,1H3. The minimum atomic E-state index is -0.567. The molecule has 26 heavy (non-hydrogen) atoms. The normalized spacial score (nSPS) is 11.0. The van der Waals surface area contributed by atoms with Crippen molar-refractivity contribution in [1.29, 1.82) is 0 Å². The summed E-state index contributed by atoms with van der Waals surface area (Å²) in [5, 5.41) is 1.32. The second-order valence-electron chi connectivity index (χ2n) is 5.80. The minimum Gasteiger partial charge on any atom is -0.424 e. The molecule has 6 nitrogen and oxygen atoms in total. The van der Waals surface area contributed by atoms with Crippen molar-refractivity contribution in [1.82, 2.24) is 9.13 Å². The van der Waals surface area contributed by atoms with Gasteiger partial charge < -0.3 is 4.74 Å². The van der Waals surface area contributed by atoms with Gasteiger partial charge in [0, 0.05) is 18.5 Å². The highest BCUT2D eigenvalue weighted by Crippen LogP contribution is 2.29. The molecular formula is C20H14N2O4. The van der Waals surface area contributed by atoms with Crippen LogP contribution in [0.25, 0.3) is 22.1 Å². The molecule has 0 saturated carbocycles. The highest BCUT2D eigenvalue weighted by atomic mass is 16.5. The summed E-state index contributed by atoms with van der Waals surface area (Å²) in [7, 11) is 0. The Morgan fingerprint density at radius 2 is 1.62 bits per heavy atom. The van der Waals surface area contributed by atoms with Crippen LogP contribution in [0.4, 0.5) is 0 Å². The number of esters is 1. The number of fused-ring (bicyclic) bond motifs is 2. The van der Waals surface area contributed by atoms with Gasteiger partial charge in [0.15, 0.2) is 11.4 Å². The van der Waals surface area contributed by atoms with Crippen LogP contribution in [0, 0.1) is 0 Å². The minimum absolute atomic E-state index is 0.0234. The summed E-state index contributed by atoms with van der Waals surface area (Å²) in [6.07, 6.45) is 1.52. The van der Waals surface area contributed by atoms with Crippen LogP contribution in [0.2, 0.25) is 0 Å². The molecule has 0 atom stereocenters. The van der Waals surface area contributed by atoms with Crippen molar-refractivity contribution in [2.24, 2.45) is 0 Å². The average Bonchev–Trinajstić information content (AvgIpc) is 2.78. The quantitative estimate of drug-likeness (QED) is 0.523. The first-order chi connectivity index (χ1) is 12.6. The highest BCUT2D eigenvalue weighted by Gasteiger charge is 2.24. The highest BCUT2D eigenvalue weighted by molar-refractivity contribution is 5.92. The van der Waals surface area contributed by atoms with Gasteiger partial charge in [-0.1, -0.05) is 42.5 Å². The molecule has 0 unspecified atom stereocenters. The summed E-state index contributed by atoms with van der Waals surface area (Å²) in [5.74, 6) is -0.488. The van der Waals surface area contributed by atoms with Crippen LogP contribution >= 0.6 is 0 Å². The van der Waals surface area contributed by atoms with Crippen molar-refractivity contribution < 1.29 is 9.53 Å². The maximum absolute atomic E-state index is 13.1. The van der Waals surface area contributed by atoms with Gasteiger partial charge in [0.2, 0.25) is 0 Å². The summed E-state index contributed by atoms with van der Waals surface area (Å²) >= 11 is 0. The van der Waals surface area contributed by atoms with Crippen LogP contribution < -0.4 is 16.0 Å². The molecule has 0 bridgehead atoms. The number of hydrogen-bond acceptors (Lipinski definition) is 4. The molecule has 2 heterocycles. The Morgan fingerprint density at radius 3 is 2.35 bits per heavy atom. The van der Waals surface area contributed by atoms with Gasteiger partial charge in [-0.3, -0.25) is 14.2 Å².